The fraction of sp³-hybridized carbons (Fsp3) is 0.462. The van der Waals surface area contributed by atoms with Crippen LogP contribution in [0.3, 0.4) is 0 Å². The Morgan fingerprint density at radius 1 is 1.35 bits per heavy atom. The minimum Gasteiger partial charge on any atom is -0.454 e. The van der Waals surface area contributed by atoms with E-state index in [9.17, 15) is 4.79 Å². The Morgan fingerprint density at radius 2 is 2.10 bits per heavy atom. The van der Waals surface area contributed by atoms with E-state index in [4.69, 9.17) is 19.9 Å². The van der Waals surface area contributed by atoms with Gasteiger partial charge in [0.1, 0.15) is 0 Å². The predicted molar refractivity (Wildman–Crippen MR) is 76.4 cm³/mol. The van der Waals surface area contributed by atoms with Gasteiger partial charge in [-0.15, -0.1) is 12.4 Å². The van der Waals surface area contributed by atoms with Crippen LogP contribution in [0, 0.1) is 0 Å². The second-order valence-electron chi connectivity index (χ2n) is 4.68. The molecule has 2 aliphatic rings. The molecular formula is C13H17ClN2O4. The normalized spacial score (nSPS) is 19.5. The number of fused-ring (bicyclic) bond motifs is 1. The molecule has 0 bridgehead atoms. The van der Waals surface area contributed by atoms with Gasteiger partial charge in [-0.05, 0) is 12.8 Å². The molecule has 0 saturated carbocycles. The lowest BCUT2D eigenvalue weighted by Crippen LogP contribution is -2.19. The zero-order valence-electron chi connectivity index (χ0n) is 10.9. The van der Waals surface area contributed by atoms with Crippen LogP contribution in [0.4, 0.5) is 11.4 Å². The van der Waals surface area contributed by atoms with Gasteiger partial charge in [0.15, 0.2) is 11.5 Å². The van der Waals surface area contributed by atoms with Crippen molar-refractivity contribution in [3.05, 3.63) is 12.1 Å². The van der Waals surface area contributed by atoms with Gasteiger partial charge in [0, 0.05) is 18.7 Å². The largest absolute Gasteiger partial charge is 0.454 e. The van der Waals surface area contributed by atoms with Crippen molar-refractivity contribution in [2.75, 3.05) is 24.5 Å². The van der Waals surface area contributed by atoms with Crippen molar-refractivity contribution in [2.24, 2.45) is 0 Å². The topological polar surface area (TPSA) is 82.8 Å². The number of hydrogen-bond donors (Lipinski definition) is 2. The van der Waals surface area contributed by atoms with E-state index in [1.165, 1.54) is 0 Å². The average molecular weight is 301 g/mol. The smallest absolute Gasteiger partial charge is 0.231 e. The van der Waals surface area contributed by atoms with Crippen molar-refractivity contribution >= 4 is 29.7 Å². The maximum absolute atomic E-state index is 11.9. The molecule has 1 fully saturated rings. The molecule has 1 aromatic carbocycles. The number of nitrogens with one attached hydrogen (secondary N) is 1. The van der Waals surface area contributed by atoms with Crippen LogP contribution in [0.5, 0.6) is 11.5 Å². The van der Waals surface area contributed by atoms with Crippen LogP contribution in [0.2, 0.25) is 0 Å². The summed E-state index contributed by atoms with van der Waals surface area (Å²) in [4.78, 5) is 11.9. The molecule has 1 amide bonds. The van der Waals surface area contributed by atoms with E-state index in [0.717, 1.165) is 19.4 Å². The third-order valence-corrected chi connectivity index (χ3v) is 3.26. The number of hydrogen-bond acceptors (Lipinski definition) is 5. The molecule has 0 radical (unpaired) electrons. The number of anilines is 2. The van der Waals surface area contributed by atoms with Crippen molar-refractivity contribution < 1.29 is 19.0 Å². The molecule has 6 nitrogen and oxygen atoms in total. The molecule has 3 N–H and O–H groups in total. The molecule has 0 aromatic heterocycles. The maximum atomic E-state index is 11.9. The van der Waals surface area contributed by atoms with Gasteiger partial charge in [-0.25, -0.2) is 0 Å². The second-order valence-corrected chi connectivity index (χ2v) is 4.68. The quantitative estimate of drug-likeness (QED) is 0.833. The molecule has 1 unspecified atom stereocenters. The van der Waals surface area contributed by atoms with Gasteiger partial charge in [-0.2, -0.15) is 0 Å². The van der Waals surface area contributed by atoms with E-state index < -0.39 is 0 Å². The Hall–Kier alpha value is -1.66. The summed E-state index contributed by atoms with van der Waals surface area (Å²) in [5, 5.41) is 2.79. The Labute approximate surface area is 123 Å². The molecule has 1 aromatic rings. The van der Waals surface area contributed by atoms with Crippen LogP contribution in [0.15, 0.2) is 12.1 Å². The Balaban J connectivity index is 0.00000147. The summed E-state index contributed by atoms with van der Waals surface area (Å²) in [5.74, 6) is 1.11. The van der Waals surface area contributed by atoms with E-state index >= 15 is 0 Å². The van der Waals surface area contributed by atoms with Crippen LogP contribution in [-0.2, 0) is 9.53 Å². The monoisotopic (exact) mass is 300 g/mol. The van der Waals surface area contributed by atoms with Crippen molar-refractivity contribution in [3.8, 4) is 11.5 Å². The standard InChI is InChI=1S/C13H16N2O4.ClH/c14-9-5-11-12(19-7-18-11)6-10(9)15-13(16)4-8-2-1-3-17-8;/h5-6,8H,1-4,7,14H2,(H,15,16);1H. The fourth-order valence-corrected chi connectivity index (χ4v) is 2.28. The number of carbonyl (C=O) groups excluding carboxylic acids is 1. The Bertz CT molecular complexity index is 503. The number of rotatable bonds is 3. The maximum Gasteiger partial charge on any atom is 0.231 e. The van der Waals surface area contributed by atoms with E-state index in [2.05, 4.69) is 5.32 Å². The lowest BCUT2D eigenvalue weighted by Gasteiger charge is -2.12. The number of halogens is 1. The minimum atomic E-state index is -0.0996. The first-order valence-corrected chi connectivity index (χ1v) is 6.33. The first-order valence-electron chi connectivity index (χ1n) is 6.33. The molecule has 0 aliphatic carbocycles. The molecule has 2 aliphatic heterocycles. The van der Waals surface area contributed by atoms with Crippen LogP contribution < -0.4 is 20.5 Å². The third-order valence-electron chi connectivity index (χ3n) is 3.26. The molecule has 3 rings (SSSR count). The molecular weight excluding hydrogens is 284 g/mol. The molecule has 1 atom stereocenters. The summed E-state index contributed by atoms with van der Waals surface area (Å²) >= 11 is 0. The molecule has 20 heavy (non-hydrogen) atoms. The lowest BCUT2D eigenvalue weighted by atomic mass is 10.1. The van der Waals surface area contributed by atoms with E-state index in [0.29, 0.717) is 29.3 Å². The zero-order chi connectivity index (χ0) is 13.2. The van der Waals surface area contributed by atoms with Crippen LogP contribution >= 0.6 is 12.4 Å². The van der Waals surface area contributed by atoms with Crippen molar-refractivity contribution in [1.82, 2.24) is 0 Å². The van der Waals surface area contributed by atoms with Crippen LogP contribution in [-0.4, -0.2) is 25.4 Å². The highest BCUT2D eigenvalue weighted by Crippen LogP contribution is 2.38. The second kappa shape index (κ2) is 6.19. The van der Waals surface area contributed by atoms with Crippen molar-refractivity contribution in [2.45, 2.75) is 25.4 Å². The molecule has 1 saturated heterocycles. The number of benzene rings is 1. The van der Waals surface area contributed by atoms with E-state index in [1.807, 2.05) is 0 Å². The SMILES string of the molecule is Cl.Nc1cc2c(cc1NC(=O)CC1CCCO1)OCO2. The van der Waals surface area contributed by atoms with E-state index in [1.54, 1.807) is 12.1 Å². The summed E-state index contributed by atoms with van der Waals surface area (Å²) in [6, 6.07) is 3.34. The highest BCUT2D eigenvalue weighted by Gasteiger charge is 2.21. The molecule has 110 valence electrons. The van der Waals surface area contributed by atoms with Crippen LogP contribution in [0.1, 0.15) is 19.3 Å². The molecule has 0 spiro atoms. The molecule has 7 heteroatoms. The minimum absolute atomic E-state index is 0. The predicted octanol–water partition coefficient (Wildman–Crippen LogP) is 1.93. The fourth-order valence-electron chi connectivity index (χ4n) is 2.28. The number of amides is 1. The van der Waals surface area contributed by atoms with Gasteiger partial charge in [0.2, 0.25) is 12.7 Å². The lowest BCUT2D eigenvalue weighted by molar-refractivity contribution is -0.118. The van der Waals surface area contributed by atoms with E-state index in [-0.39, 0.29) is 31.2 Å². The van der Waals surface area contributed by atoms with Gasteiger partial charge in [-0.1, -0.05) is 0 Å². The summed E-state index contributed by atoms with van der Waals surface area (Å²) in [6.07, 6.45) is 2.33. The van der Waals surface area contributed by atoms with Gasteiger partial charge >= 0.3 is 0 Å². The van der Waals surface area contributed by atoms with Gasteiger partial charge in [0.05, 0.1) is 23.9 Å². The summed E-state index contributed by atoms with van der Waals surface area (Å²) in [7, 11) is 0. The van der Waals surface area contributed by atoms with Gasteiger partial charge in [0.25, 0.3) is 0 Å². The first kappa shape index (κ1) is 14.7. The van der Waals surface area contributed by atoms with Crippen molar-refractivity contribution in [1.29, 1.82) is 0 Å². The van der Waals surface area contributed by atoms with Gasteiger partial charge in [-0.3, -0.25) is 4.79 Å². The summed E-state index contributed by atoms with van der Waals surface area (Å²) < 4.78 is 15.9. The Morgan fingerprint density at radius 3 is 2.80 bits per heavy atom. The third kappa shape index (κ3) is 3.08. The van der Waals surface area contributed by atoms with Crippen molar-refractivity contribution in [3.63, 3.8) is 0 Å². The summed E-state index contributed by atoms with van der Waals surface area (Å²) in [5.41, 5.74) is 6.88. The summed E-state index contributed by atoms with van der Waals surface area (Å²) in [6.45, 7) is 0.923. The molecule has 2 heterocycles. The highest BCUT2D eigenvalue weighted by atomic mass is 35.5. The first-order chi connectivity index (χ1) is 9.22. The number of ether oxygens (including phenoxy) is 3. The number of nitrogen functional groups attached to an aromatic ring is 1. The zero-order valence-corrected chi connectivity index (χ0v) is 11.7. The van der Waals surface area contributed by atoms with Gasteiger partial charge < -0.3 is 25.3 Å². The number of carbonyl (C=O) groups is 1. The number of nitrogens with two attached hydrogens (primary N) is 1. The Kier molecular flexibility index (Phi) is 4.57. The van der Waals surface area contributed by atoms with Crippen LogP contribution in [0.25, 0.3) is 0 Å². The average Bonchev–Trinajstić information content (AvgIpc) is 3.00. The highest BCUT2D eigenvalue weighted by molar-refractivity contribution is 5.94.